The van der Waals surface area contributed by atoms with Crippen molar-refractivity contribution in [2.45, 2.75) is 51.4 Å². The van der Waals surface area contributed by atoms with Gasteiger partial charge < -0.3 is 14.1 Å². The fraction of sp³-hybridized carbons (Fsp3) is 0.846. The topological polar surface area (TPSA) is 55.8 Å². The molecule has 1 saturated heterocycles. The number of likely N-dealkylation sites (tertiary alicyclic amines) is 1. The van der Waals surface area contributed by atoms with Gasteiger partial charge in [0.2, 0.25) is 5.91 Å². The van der Waals surface area contributed by atoms with E-state index in [1.54, 1.807) is 0 Å². The Bertz CT molecular complexity index is 362. The molecule has 0 bridgehead atoms. The van der Waals surface area contributed by atoms with E-state index >= 15 is 0 Å². The molecule has 0 aromatic heterocycles. The quantitative estimate of drug-likeness (QED) is 0.584. The molecule has 1 fully saturated rings. The van der Waals surface area contributed by atoms with Crippen LogP contribution in [0, 0.1) is 0 Å². The summed E-state index contributed by atoms with van der Waals surface area (Å²) in [4.78, 5) is 24.6. The molecule has 0 unspecified atom stereocenters. The Kier molecular flexibility index (Phi) is 4.79. The van der Waals surface area contributed by atoms with Crippen LogP contribution >= 0.6 is 0 Å². The highest BCUT2D eigenvalue weighted by Crippen LogP contribution is 2.38. The van der Waals surface area contributed by atoms with E-state index in [-0.39, 0.29) is 29.6 Å². The maximum absolute atomic E-state index is 11.8. The Morgan fingerprint density at radius 1 is 1.42 bits per heavy atom. The van der Waals surface area contributed by atoms with Crippen LogP contribution in [0.4, 0.5) is 0 Å². The predicted octanol–water partition coefficient (Wildman–Crippen LogP) is 1.78. The minimum atomic E-state index is -1.87. The van der Waals surface area contributed by atoms with Gasteiger partial charge in [-0.05, 0) is 18.1 Å². The summed E-state index contributed by atoms with van der Waals surface area (Å²) < 4.78 is 10.8. The van der Waals surface area contributed by atoms with Gasteiger partial charge in [0.05, 0.1) is 19.6 Å². The molecule has 0 aromatic carbocycles. The van der Waals surface area contributed by atoms with Gasteiger partial charge in [-0.25, -0.2) is 0 Å². The van der Waals surface area contributed by atoms with Crippen molar-refractivity contribution in [2.24, 2.45) is 0 Å². The van der Waals surface area contributed by atoms with Crippen LogP contribution in [0.3, 0.4) is 0 Å². The number of nitrogens with zero attached hydrogens (tertiary/aromatic N) is 1. The molecule has 110 valence electrons. The molecule has 0 N–H and O–H groups in total. The normalized spacial score (nSPS) is 20.8. The minimum absolute atomic E-state index is 0.0205. The third-order valence-electron chi connectivity index (χ3n) is 3.99. The lowest BCUT2D eigenvalue weighted by Gasteiger charge is -2.38. The van der Waals surface area contributed by atoms with E-state index in [2.05, 4.69) is 38.6 Å². The number of rotatable bonds is 4. The zero-order valence-corrected chi connectivity index (χ0v) is 13.8. The molecule has 0 saturated carbocycles. The van der Waals surface area contributed by atoms with Crippen LogP contribution in [-0.2, 0) is 18.8 Å². The minimum Gasteiger partial charge on any atom is -0.468 e. The summed E-state index contributed by atoms with van der Waals surface area (Å²) >= 11 is 0. The van der Waals surface area contributed by atoms with Crippen molar-refractivity contribution < 1.29 is 18.8 Å². The molecule has 1 aliphatic rings. The second-order valence-electron chi connectivity index (χ2n) is 6.55. The fourth-order valence-corrected chi connectivity index (χ4v) is 3.13. The molecular weight excluding hydrogens is 262 g/mol. The number of ether oxygens (including phenoxy) is 1. The van der Waals surface area contributed by atoms with E-state index in [0.717, 1.165) is 0 Å². The van der Waals surface area contributed by atoms with Crippen molar-refractivity contribution in [1.82, 2.24) is 4.90 Å². The SMILES string of the molecule is COC(=O)CN1C[C@@H](O[Si](C)(C)C(C)(C)C)CC1=O. The van der Waals surface area contributed by atoms with Crippen LogP contribution in [0.2, 0.25) is 18.1 Å². The van der Waals surface area contributed by atoms with Crippen molar-refractivity contribution in [3.05, 3.63) is 0 Å². The first-order valence-corrected chi connectivity index (χ1v) is 9.50. The van der Waals surface area contributed by atoms with Gasteiger partial charge in [-0.15, -0.1) is 0 Å². The average molecular weight is 287 g/mol. The summed E-state index contributed by atoms with van der Waals surface area (Å²) in [7, 11) is -0.547. The van der Waals surface area contributed by atoms with Gasteiger partial charge in [-0.3, -0.25) is 9.59 Å². The van der Waals surface area contributed by atoms with Gasteiger partial charge in [-0.1, -0.05) is 20.8 Å². The first kappa shape index (κ1) is 16.2. The number of methoxy groups -OCH3 is 1. The van der Waals surface area contributed by atoms with Crippen LogP contribution in [0.1, 0.15) is 27.2 Å². The van der Waals surface area contributed by atoms with Gasteiger partial charge in [0, 0.05) is 6.54 Å². The van der Waals surface area contributed by atoms with Crippen LogP contribution < -0.4 is 0 Å². The molecule has 1 amide bonds. The summed E-state index contributed by atoms with van der Waals surface area (Å²) in [6, 6.07) is 0. The number of hydrogen-bond acceptors (Lipinski definition) is 4. The predicted molar refractivity (Wildman–Crippen MR) is 75.3 cm³/mol. The molecule has 1 rings (SSSR count). The fourth-order valence-electron chi connectivity index (χ4n) is 1.78. The first-order chi connectivity index (χ1) is 8.56. The standard InChI is InChI=1S/C13H25NO4Si/c1-13(2,3)19(5,6)18-10-7-11(15)14(8-10)9-12(16)17-4/h10H,7-9H2,1-6H3/t10-/m0/s1. The summed E-state index contributed by atoms with van der Waals surface area (Å²) in [6.07, 6.45) is 0.266. The Morgan fingerprint density at radius 3 is 2.47 bits per heavy atom. The maximum Gasteiger partial charge on any atom is 0.325 e. The largest absolute Gasteiger partial charge is 0.468 e. The smallest absolute Gasteiger partial charge is 0.325 e. The zero-order valence-electron chi connectivity index (χ0n) is 12.8. The van der Waals surface area contributed by atoms with E-state index in [9.17, 15) is 9.59 Å². The molecule has 1 aliphatic heterocycles. The van der Waals surface area contributed by atoms with Crippen molar-refractivity contribution in [3.8, 4) is 0 Å². The maximum atomic E-state index is 11.8. The van der Waals surface area contributed by atoms with Crippen LogP contribution in [0.25, 0.3) is 0 Å². The molecule has 6 heteroatoms. The molecule has 0 radical (unpaired) electrons. The third kappa shape index (κ3) is 4.04. The lowest BCUT2D eigenvalue weighted by atomic mass is 10.2. The Morgan fingerprint density at radius 2 is 2.00 bits per heavy atom. The Labute approximate surface area is 116 Å². The summed E-state index contributed by atoms with van der Waals surface area (Å²) in [5, 5.41) is 0.117. The second-order valence-corrected chi connectivity index (χ2v) is 11.3. The average Bonchev–Trinajstić information content (AvgIpc) is 2.56. The van der Waals surface area contributed by atoms with Gasteiger partial charge in [0.15, 0.2) is 8.32 Å². The van der Waals surface area contributed by atoms with Crippen LogP contribution in [0.5, 0.6) is 0 Å². The molecule has 0 spiro atoms. The van der Waals surface area contributed by atoms with Crippen LogP contribution in [-0.4, -0.2) is 51.4 Å². The molecule has 5 nitrogen and oxygen atoms in total. The number of carbonyl (C=O) groups is 2. The second kappa shape index (κ2) is 5.62. The van der Waals surface area contributed by atoms with E-state index in [0.29, 0.717) is 13.0 Å². The van der Waals surface area contributed by atoms with Gasteiger partial charge in [-0.2, -0.15) is 0 Å². The first-order valence-electron chi connectivity index (χ1n) is 6.59. The van der Waals surface area contributed by atoms with Gasteiger partial charge >= 0.3 is 5.97 Å². The molecule has 0 aromatic rings. The number of carbonyl (C=O) groups excluding carboxylic acids is 2. The Hall–Kier alpha value is -0.883. The van der Waals surface area contributed by atoms with E-state index < -0.39 is 8.32 Å². The number of amides is 1. The highest BCUT2D eigenvalue weighted by atomic mass is 28.4. The molecule has 19 heavy (non-hydrogen) atoms. The van der Waals surface area contributed by atoms with Gasteiger partial charge in [0.25, 0.3) is 0 Å². The Balaban J connectivity index is 2.60. The monoisotopic (exact) mass is 287 g/mol. The molecule has 0 aliphatic carbocycles. The number of esters is 1. The molecule has 1 atom stereocenters. The van der Waals surface area contributed by atoms with Crippen molar-refractivity contribution >= 4 is 20.2 Å². The molecular formula is C13H25NO4Si. The van der Waals surface area contributed by atoms with Crippen molar-refractivity contribution in [2.75, 3.05) is 20.2 Å². The van der Waals surface area contributed by atoms with Gasteiger partial charge in [0.1, 0.15) is 6.54 Å². The third-order valence-corrected chi connectivity index (χ3v) is 8.53. The molecule has 1 heterocycles. The van der Waals surface area contributed by atoms with E-state index in [1.165, 1.54) is 12.0 Å². The lowest BCUT2D eigenvalue weighted by Crippen LogP contribution is -2.44. The highest BCUT2D eigenvalue weighted by molar-refractivity contribution is 6.74. The summed E-state index contributed by atoms with van der Waals surface area (Å²) in [5.41, 5.74) is 0. The number of hydrogen-bond donors (Lipinski definition) is 0. The van der Waals surface area contributed by atoms with E-state index in [4.69, 9.17) is 4.43 Å². The van der Waals surface area contributed by atoms with Crippen molar-refractivity contribution in [1.29, 1.82) is 0 Å². The van der Waals surface area contributed by atoms with Crippen molar-refractivity contribution in [3.63, 3.8) is 0 Å². The summed E-state index contributed by atoms with van der Waals surface area (Å²) in [6.45, 7) is 11.3. The zero-order chi connectivity index (χ0) is 14.8. The lowest BCUT2D eigenvalue weighted by molar-refractivity contribution is -0.145. The van der Waals surface area contributed by atoms with E-state index in [1.807, 2.05) is 0 Å². The highest BCUT2D eigenvalue weighted by Gasteiger charge is 2.42. The van der Waals surface area contributed by atoms with Crippen LogP contribution in [0.15, 0.2) is 0 Å². The summed E-state index contributed by atoms with van der Waals surface area (Å²) in [5.74, 6) is -0.421.